The first-order valence-electron chi connectivity index (χ1n) is 9.72. The molecule has 1 amide bonds. The van der Waals surface area contributed by atoms with E-state index in [0.717, 1.165) is 32.1 Å². The topological polar surface area (TPSA) is 87.6 Å². The number of carbonyl (C=O) groups is 1. The predicted octanol–water partition coefficient (Wildman–Crippen LogP) is 3.55. The van der Waals surface area contributed by atoms with Crippen molar-refractivity contribution in [3.05, 3.63) is 0 Å². The maximum absolute atomic E-state index is 13.3. The van der Waals surface area contributed by atoms with Crippen LogP contribution in [0.5, 0.6) is 0 Å². The van der Waals surface area contributed by atoms with Gasteiger partial charge >= 0.3 is 0 Å². The zero-order chi connectivity index (χ0) is 20.4. The van der Waals surface area contributed by atoms with Crippen LogP contribution in [0.1, 0.15) is 79.1 Å². The van der Waals surface area contributed by atoms with Gasteiger partial charge in [0.1, 0.15) is 0 Å². The van der Waals surface area contributed by atoms with Crippen LogP contribution >= 0.6 is 45.7 Å². The molecular weight excluding hydrogens is 554 g/mol. The molecule has 0 rings (SSSR count). The summed E-state index contributed by atoms with van der Waals surface area (Å²) in [6.45, 7) is 10.5. The first kappa shape index (κ1) is 26.9. The van der Waals surface area contributed by atoms with Crippen LogP contribution in [-0.4, -0.2) is 31.8 Å². The second kappa shape index (κ2) is 13.2. The molecule has 0 aromatic heterocycles. The zero-order valence-electron chi connectivity index (χ0n) is 17.2. The molecule has 26 heavy (non-hydrogen) atoms. The van der Waals surface area contributed by atoms with Crippen molar-refractivity contribution >= 4 is 65.9 Å². The van der Waals surface area contributed by atoms with Crippen LogP contribution in [0.25, 0.3) is 0 Å². The van der Waals surface area contributed by atoms with Crippen LogP contribution < -0.4 is 17.0 Å². The predicted molar refractivity (Wildman–Crippen MR) is 132 cm³/mol. The van der Waals surface area contributed by atoms with Crippen molar-refractivity contribution < 1.29 is 4.79 Å². The number of halogens is 2. The summed E-state index contributed by atoms with van der Waals surface area (Å²) in [5.74, 6) is 12.0. The molecule has 2 unspecified atom stereocenters. The summed E-state index contributed by atoms with van der Waals surface area (Å²) in [5, 5.41) is 2.76. The second-order valence-electron chi connectivity index (χ2n) is 7.92. The highest BCUT2D eigenvalue weighted by Crippen LogP contribution is 2.32. The van der Waals surface area contributed by atoms with E-state index in [4.69, 9.17) is 11.7 Å². The van der Waals surface area contributed by atoms with Crippen molar-refractivity contribution in [3.63, 3.8) is 0 Å². The standard InChI is InChI=1S/C16H37B2I2N5O/c1-6-8-10-11-13-15(3,12-9-7-2)14(26)23-16(4,17-24(19)21)18(5)25(20)22/h17H,6-13,21-22H2,1-5H3,(H,23,26). The van der Waals surface area contributed by atoms with E-state index < -0.39 is 5.34 Å². The Morgan fingerprint density at radius 3 is 2.08 bits per heavy atom. The number of rotatable bonds is 14. The number of hydrogen-bond acceptors (Lipinski definition) is 5. The molecule has 0 aromatic carbocycles. The van der Waals surface area contributed by atoms with Crippen LogP contribution in [0.2, 0.25) is 6.82 Å². The normalized spacial score (nSPS) is 16.3. The number of hydrogen-bond donors (Lipinski definition) is 3. The number of carbonyl (C=O) groups excluding carboxylic acids is 1. The van der Waals surface area contributed by atoms with Crippen molar-refractivity contribution in [2.75, 3.05) is 0 Å². The molecule has 6 nitrogen and oxygen atoms in total. The van der Waals surface area contributed by atoms with Gasteiger partial charge in [0.25, 0.3) is 14.3 Å². The van der Waals surface area contributed by atoms with E-state index in [1.807, 2.05) is 36.6 Å². The lowest BCUT2D eigenvalue weighted by Crippen LogP contribution is -2.69. The van der Waals surface area contributed by atoms with Crippen molar-refractivity contribution in [2.24, 2.45) is 17.1 Å². The number of nitrogens with one attached hydrogen (secondary N) is 1. The summed E-state index contributed by atoms with van der Waals surface area (Å²) in [6, 6.07) is 0. The summed E-state index contributed by atoms with van der Waals surface area (Å²) in [7, 11) is 0.511. The van der Waals surface area contributed by atoms with Gasteiger partial charge in [0.2, 0.25) is 5.91 Å². The molecule has 0 aliphatic carbocycles. The molecule has 0 radical (unpaired) electrons. The van der Waals surface area contributed by atoms with Gasteiger partial charge in [-0.25, -0.2) is 6.27 Å². The Morgan fingerprint density at radius 2 is 1.62 bits per heavy atom. The lowest BCUT2D eigenvalue weighted by molar-refractivity contribution is -0.131. The van der Waals surface area contributed by atoms with Gasteiger partial charge in [-0.05, 0) is 12.8 Å². The largest absolute Gasteiger partial charge is 0.361 e. The van der Waals surface area contributed by atoms with E-state index >= 15 is 0 Å². The Bertz CT molecular complexity index is 420. The minimum atomic E-state index is -0.542. The van der Waals surface area contributed by atoms with Crippen LogP contribution in [0.4, 0.5) is 0 Å². The molecule has 0 saturated carbocycles. The summed E-state index contributed by atoms with van der Waals surface area (Å²) in [4.78, 5) is 13.3. The third kappa shape index (κ3) is 9.40. The molecule has 0 bridgehead atoms. The van der Waals surface area contributed by atoms with E-state index in [1.165, 1.54) is 19.3 Å². The van der Waals surface area contributed by atoms with Gasteiger partial charge in [-0.2, -0.15) is 0 Å². The summed E-state index contributed by atoms with van der Waals surface area (Å²) in [6.07, 6.45) is 8.72. The molecule has 0 fully saturated rings. The molecule has 0 aliphatic rings. The van der Waals surface area contributed by atoms with Crippen molar-refractivity contribution in [1.29, 1.82) is 0 Å². The van der Waals surface area contributed by atoms with E-state index in [9.17, 15) is 4.79 Å². The maximum atomic E-state index is 13.3. The minimum absolute atomic E-state index is 0.0663. The summed E-state index contributed by atoms with van der Waals surface area (Å²) in [5.41, 5.74) is -0.347. The highest BCUT2D eigenvalue weighted by atomic mass is 127. The Balaban J connectivity index is 5.30. The molecule has 5 N–H and O–H groups in total. The number of unbranched alkanes of at least 4 members (excludes halogenated alkanes) is 4. The molecule has 10 heteroatoms. The Labute approximate surface area is 189 Å². The number of nitrogens with zero attached hydrogens (tertiary/aromatic N) is 2. The molecule has 0 aromatic rings. The van der Waals surface area contributed by atoms with E-state index in [-0.39, 0.29) is 18.2 Å². The second-order valence-corrected chi connectivity index (χ2v) is 10.3. The van der Waals surface area contributed by atoms with Gasteiger partial charge in [-0.3, -0.25) is 16.5 Å². The summed E-state index contributed by atoms with van der Waals surface area (Å²) < 4.78 is 3.20. The maximum Gasteiger partial charge on any atom is 0.271 e. The van der Waals surface area contributed by atoms with Crippen LogP contribution in [0.15, 0.2) is 0 Å². The van der Waals surface area contributed by atoms with E-state index in [1.54, 1.807) is 6.27 Å². The van der Waals surface area contributed by atoms with Gasteiger partial charge in [-0.1, -0.05) is 73.0 Å². The van der Waals surface area contributed by atoms with E-state index in [2.05, 4.69) is 49.0 Å². The number of nitrogens with two attached hydrogens (primary N) is 2. The highest BCUT2D eigenvalue weighted by Gasteiger charge is 2.44. The molecule has 0 spiro atoms. The first-order chi connectivity index (χ1) is 12.0. The lowest BCUT2D eigenvalue weighted by Gasteiger charge is -2.40. The fourth-order valence-corrected chi connectivity index (χ4v) is 4.46. The fourth-order valence-electron chi connectivity index (χ4n) is 3.13. The molecule has 152 valence electrons. The van der Waals surface area contributed by atoms with Gasteiger partial charge in [0.05, 0.1) is 0 Å². The lowest BCUT2D eigenvalue weighted by atomic mass is 9.37. The van der Waals surface area contributed by atoms with Crippen molar-refractivity contribution in [3.8, 4) is 0 Å². The summed E-state index contributed by atoms with van der Waals surface area (Å²) >= 11 is 4.11. The fraction of sp³-hybridized carbons (Fsp3) is 0.938. The molecule has 0 aliphatic heterocycles. The Kier molecular flexibility index (Phi) is 13.6. The SMILES string of the molecule is CCCCCCC(C)(CCCC)C(=O)NC(C)(BN(N)I)B(C)N(N)I. The molecular formula is C16H37B2I2N5O. The number of hydrazine groups is 2. The smallest absolute Gasteiger partial charge is 0.271 e. The highest BCUT2D eigenvalue weighted by molar-refractivity contribution is 14.1. The van der Waals surface area contributed by atoms with Crippen LogP contribution in [0.3, 0.4) is 0 Å². The quantitative estimate of drug-likeness (QED) is 0.0720. The van der Waals surface area contributed by atoms with E-state index in [0.29, 0.717) is 7.41 Å². The first-order valence-corrected chi connectivity index (χ1v) is 11.7. The van der Waals surface area contributed by atoms with Crippen LogP contribution in [0, 0.1) is 5.41 Å². The average Bonchev–Trinajstić information content (AvgIpc) is 2.55. The minimum Gasteiger partial charge on any atom is -0.361 e. The third-order valence-electron chi connectivity index (χ3n) is 5.38. The zero-order valence-corrected chi connectivity index (χ0v) is 21.5. The van der Waals surface area contributed by atoms with Crippen LogP contribution in [-0.2, 0) is 4.79 Å². The van der Waals surface area contributed by atoms with Crippen molar-refractivity contribution in [1.82, 2.24) is 11.6 Å². The molecule has 2 atom stereocenters. The van der Waals surface area contributed by atoms with Crippen molar-refractivity contribution in [2.45, 2.75) is 91.2 Å². The number of amides is 1. The van der Waals surface area contributed by atoms with Gasteiger partial charge in [-0.15, -0.1) is 0 Å². The molecule has 0 saturated heterocycles. The molecule has 0 heterocycles. The average molecular weight is 591 g/mol. The monoisotopic (exact) mass is 591 g/mol. The van der Waals surface area contributed by atoms with Gasteiger partial charge < -0.3 is 5.32 Å². The Morgan fingerprint density at radius 1 is 1.08 bits per heavy atom. The van der Waals surface area contributed by atoms with Gasteiger partial charge in [0, 0.05) is 56.5 Å². The third-order valence-corrected chi connectivity index (χ3v) is 6.56. The van der Waals surface area contributed by atoms with Gasteiger partial charge in [0.15, 0.2) is 0 Å². The Hall–Kier alpha value is 0.900.